The van der Waals surface area contributed by atoms with Crippen LogP contribution in [-0.4, -0.2) is 16.0 Å². The second kappa shape index (κ2) is 4.03. The standard InChI is InChI=1S/C7H4BrClN2O4/c8-4-3(9)1-2(7(12)13)5(10)6(4)11(14)15/h1H,10H2,(H,12,13). The van der Waals surface area contributed by atoms with E-state index in [1.807, 2.05) is 0 Å². The fourth-order valence-electron chi connectivity index (χ4n) is 0.982. The van der Waals surface area contributed by atoms with Crippen LogP contribution in [-0.2, 0) is 0 Å². The van der Waals surface area contributed by atoms with Crippen molar-refractivity contribution in [3.63, 3.8) is 0 Å². The Morgan fingerprint density at radius 3 is 2.60 bits per heavy atom. The van der Waals surface area contributed by atoms with Crippen LogP contribution in [0.4, 0.5) is 11.4 Å². The Kier molecular flexibility index (Phi) is 3.15. The number of nitrogen functional groups attached to an aromatic ring is 1. The van der Waals surface area contributed by atoms with Gasteiger partial charge in [-0.25, -0.2) is 4.79 Å². The summed E-state index contributed by atoms with van der Waals surface area (Å²) in [6, 6.07) is 1.05. The summed E-state index contributed by atoms with van der Waals surface area (Å²) >= 11 is 8.48. The lowest BCUT2D eigenvalue weighted by Crippen LogP contribution is -2.06. The fourth-order valence-corrected chi connectivity index (χ4v) is 1.65. The van der Waals surface area contributed by atoms with Crippen molar-refractivity contribution < 1.29 is 14.8 Å². The average molecular weight is 295 g/mol. The van der Waals surface area contributed by atoms with E-state index < -0.39 is 27.8 Å². The molecule has 0 aliphatic rings. The number of hydrogen-bond acceptors (Lipinski definition) is 4. The largest absolute Gasteiger partial charge is 0.478 e. The van der Waals surface area contributed by atoms with Crippen LogP contribution in [0.3, 0.4) is 0 Å². The number of carboxylic acids is 1. The topological polar surface area (TPSA) is 106 Å². The predicted octanol–water partition coefficient (Wildman–Crippen LogP) is 2.29. The summed E-state index contributed by atoms with van der Waals surface area (Å²) in [6.07, 6.45) is 0. The maximum absolute atomic E-state index is 10.7. The van der Waals surface area contributed by atoms with E-state index in [0.717, 1.165) is 6.07 Å². The molecule has 0 aliphatic carbocycles. The molecule has 0 bridgehead atoms. The molecule has 0 heterocycles. The number of anilines is 1. The van der Waals surface area contributed by atoms with Crippen molar-refractivity contribution in [2.75, 3.05) is 5.73 Å². The highest BCUT2D eigenvalue weighted by molar-refractivity contribution is 9.10. The minimum Gasteiger partial charge on any atom is -0.478 e. The zero-order valence-corrected chi connectivity index (χ0v) is 9.37. The molecule has 0 aliphatic heterocycles. The minimum absolute atomic E-state index is 0.0309. The van der Waals surface area contributed by atoms with Crippen LogP contribution in [0.15, 0.2) is 10.5 Å². The summed E-state index contributed by atoms with van der Waals surface area (Å²) in [5, 5.41) is 19.2. The molecule has 1 rings (SSSR count). The molecule has 0 atom stereocenters. The number of hydrogen-bond donors (Lipinski definition) is 2. The lowest BCUT2D eigenvalue weighted by Gasteiger charge is -2.05. The van der Waals surface area contributed by atoms with E-state index in [2.05, 4.69) is 15.9 Å². The molecular weight excluding hydrogens is 291 g/mol. The van der Waals surface area contributed by atoms with Crippen LogP contribution in [0, 0.1) is 10.1 Å². The normalized spacial score (nSPS) is 10.0. The van der Waals surface area contributed by atoms with E-state index in [1.54, 1.807) is 0 Å². The molecular formula is C7H4BrClN2O4. The van der Waals surface area contributed by atoms with Gasteiger partial charge >= 0.3 is 11.7 Å². The average Bonchev–Trinajstić information content (AvgIpc) is 2.10. The van der Waals surface area contributed by atoms with Crippen LogP contribution in [0.2, 0.25) is 5.02 Å². The molecule has 0 spiro atoms. The lowest BCUT2D eigenvalue weighted by atomic mass is 10.1. The number of carbonyl (C=O) groups is 1. The number of nitrogens with two attached hydrogens (primary N) is 1. The predicted molar refractivity (Wildman–Crippen MR) is 57.2 cm³/mol. The molecule has 0 saturated heterocycles. The molecule has 1 aromatic rings. The molecule has 6 nitrogen and oxygen atoms in total. The molecule has 0 radical (unpaired) electrons. The maximum Gasteiger partial charge on any atom is 0.338 e. The van der Waals surface area contributed by atoms with Gasteiger partial charge in [0.25, 0.3) is 0 Å². The molecule has 15 heavy (non-hydrogen) atoms. The second-order valence-electron chi connectivity index (χ2n) is 2.54. The van der Waals surface area contributed by atoms with Gasteiger partial charge in [0, 0.05) is 0 Å². The highest BCUT2D eigenvalue weighted by atomic mass is 79.9. The van der Waals surface area contributed by atoms with E-state index in [4.69, 9.17) is 22.4 Å². The SMILES string of the molecule is Nc1c(C(=O)O)cc(Cl)c(Br)c1[N+](=O)[O-]. The molecule has 3 N–H and O–H groups in total. The van der Waals surface area contributed by atoms with Crippen molar-refractivity contribution in [3.8, 4) is 0 Å². The first kappa shape index (κ1) is 11.7. The van der Waals surface area contributed by atoms with Gasteiger partial charge in [-0.2, -0.15) is 0 Å². The van der Waals surface area contributed by atoms with Gasteiger partial charge in [-0.05, 0) is 22.0 Å². The van der Waals surface area contributed by atoms with Crippen LogP contribution in [0.5, 0.6) is 0 Å². The van der Waals surface area contributed by atoms with Crippen molar-refractivity contribution >= 4 is 44.9 Å². The molecule has 0 unspecified atom stereocenters. The van der Waals surface area contributed by atoms with Gasteiger partial charge in [-0.15, -0.1) is 0 Å². The van der Waals surface area contributed by atoms with Crippen molar-refractivity contribution in [1.29, 1.82) is 0 Å². The summed E-state index contributed by atoms with van der Waals surface area (Å²) in [7, 11) is 0. The summed E-state index contributed by atoms with van der Waals surface area (Å²) in [4.78, 5) is 20.5. The van der Waals surface area contributed by atoms with Crippen LogP contribution >= 0.6 is 27.5 Å². The van der Waals surface area contributed by atoms with Gasteiger partial charge in [0.1, 0.15) is 10.2 Å². The molecule has 0 saturated carbocycles. The Morgan fingerprint density at radius 1 is 1.67 bits per heavy atom. The van der Waals surface area contributed by atoms with Crippen LogP contribution in [0.25, 0.3) is 0 Å². The molecule has 0 amide bonds. The fraction of sp³-hybridized carbons (Fsp3) is 0. The number of nitro benzene ring substituents is 1. The summed E-state index contributed by atoms with van der Waals surface area (Å²) in [6.45, 7) is 0. The van der Waals surface area contributed by atoms with Gasteiger partial charge in [0.15, 0.2) is 0 Å². The number of carboxylic acid groups (broad SMARTS) is 1. The van der Waals surface area contributed by atoms with Crippen molar-refractivity contribution in [1.82, 2.24) is 0 Å². The van der Waals surface area contributed by atoms with E-state index in [9.17, 15) is 14.9 Å². The monoisotopic (exact) mass is 294 g/mol. The Morgan fingerprint density at radius 2 is 2.20 bits per heavy atom. The number of aromatic carboxylic acids is 1. The van der Waals surface area contributed by atoms with Gasteiger partial charge < -0.3 is 10.8 Å². The molecule has 8 heteroatoms. The first-order valence-corrected chi connectivity index (χ1v) is 4.68. The number of rotatable bonds is 2. The lowest BCUT2D eigenvalue weighted by molar-refractivity contribution is -0.384. The Balaban J connectivity index is 3.63. The molecule has 0 aromatic heterocycles. The number of nitro groups is 1. The third-order valence-electron chi connectivity index (χ3n) is 1.65. The minimum atomic E-state index is -1.37. The third kappa shape index (κ3) is 2.02. The highest BCUT2D eigenvalue weighted by Gasteiger charge is 2.25. The zero-order chi connectivity index (χ0) is 11.7. The Bertz CT molecular complexity index is 463. The first-order chi connectivity index (χ1) is 6.86. The molecule has 1 aromatic carbocycles. The summed E-state index contributed by atoms with van der Waals surface area (Å²) in [5.74, 6) is -1.37. The summed E-state index contributed by atoms with van der Waals surface area (Å²) < 4.78 is -0.0309. The van der Waals surface area contributed by atoms with Crippen molar-refractivity contribution in [3.05, 3.63) is 31.2 Å². The first-order valence-electron chi connectivity index (χ1n) is 3.51. The van der Waals surface area contributed by atoms with E-state index in [1.165, 1.54) is 0 Å². The van der Waals surface area contributed by atoms with Crippen LogP contribution < -0.4 is 5.73 Å². The second-order valence-corrected chi connectivity index (χ2v) is 3.74. The van der Waals surface area contributed by atoms with Gasteiger partial charge in [0.05, 0.1) is 15.5 Å². The third-order valence-corrected chi connectivity index (χ3v) is 2.98. The smallest absolute Gasteiger partial charge is 0.338 e. The van der Waals surface area contributed by atoms with Gasteiger partial charge in [-0.3, -0.25) is 10.1 Å². The maximum atomic E-state index is 10.7. The van der Waals surface area contributed by atoms with Crippen molar-refractivity contribution in [2.24, 2.45) is 0 Å². The Hall–Kier alpha value is -1.34. The number of nitrogens with zero attached hydrogens (tertiary/aromatic N) is 1. The number of halogens is 2. The van der Waals surface area contributed by atoms with E-state index in [0.29, 0.717) is 0 Å². The van der Waals surface area contributed by atoms with Crippen LogP contribution in [0.1, 0.15) is 10.4 Å². The van der Waals surface area contributed by atoms with Gasteiger partial charge in [-0.1, -0.05) is 11.6 Å². The highest BCUT2D eigenvalue weighted by Crippen LogP contribution is 2.39. The zero-order valence-electron chi connectivity index (χ0n) is 7.03. The number of benzene rings is 1. The summed E-state index contributed by atoms with van der Waals surface area (Å²) in [5.41, 5.74) is 3.98. The quantitative estimate of drug-likeness (QED) is 0.494. The molecule has 0 fully saturated rings. The van der Waals surface area contributed by atoms with E-state index >= 15 is 0 Å². The Labute approximate surface area is 96.9 Å². The van der Waals surface area contributed by atoms with Crippen molar-refractivity contribution in [2.45, 2.75) is 0 Å². The van der Waals surface area contributed by atoms with E-state index in [-0.39, 0.29) is 9.50 Å². The van der Waals surface area contributed by atoms with Gasteiger partial charge in [0.2, 0.25) is 0 Å². The molecule has 80 valence electrons.